The fourth-order valence-electron chi connectivity index (χ4n) is 2.75. The van der Waals surface area contributed by atoms with Crippen LogP contribution in [-0.4, -0.2) is 12.0 Å². The van der Waals surface area contributed by atoms with E-state index in [1.54, 1.807) is 19.1 Å². The first-order valence-electron chi connectivity index (χ1n) is 6.07. The SMILES string of the molecule is CCC1(CC(F)(F)F)CCc2ccccc2C1=O. The van der Waals surface area contributed by atoms with Gasteiger partial charge >= 0.3 is 6.18 Å². The molecular weight excluding hydrogens is 241 g/mol. The van der Waals surface area contributed by atoms with Gasteiger partial charge in [-0.2, -0.15) is 13.2 Å². The zero-order valence-electron chi connectivity index (χ0n) is 10.2. The zero-order chi connectivity index (χ0) is 13.4. The van der Waals surface area contributed by atoms with Crippen LogP contribution in [0, 0.1) is 5.41 Å². The third-order valence-corrected chi connectivity index (χ3v) is 3.83. The lowest BCUT2D eigenvalue weighted by Crippen LogP contribution is -2.39. The Kier molecular flexibility index (Phi) is 3.21. The summed E-state index contributed by atoms with van der Waals surface area (Å²) in [6, 6.07) is 6.98. The number of Topliss-reactive ketones (excluding diaryl/α,β-unsaturated/α-hetero) is 1. The van der Waals surface area contributed by atoms with Crippen molar-refractivity contribution in [3.8, 4) is 0 Å². The molecule has 0 N–H and O–H groups in total. The second kappa shape index (κ2) is 4.41. The summed E-state index contributed by atoms with van der Waals surface area (Å²) in [5, 5.41) is 0. The van der Waals surface area contributed by atoms with Crippen molar-refractivity contribution in [2.75, 3.05) is 0 Å². The van der Waals surface area contributed by atoms with Gasteiger partial charge in [0.05, 0.1) is 6.42 Å². The molecule has 4 heteroatoms. The van der Waals surface area contributed by atoms with Gasteiger partial charge in [0.1, 0.15) is 0 Å². The number of aryl methyl sites for hydroxylation is 1. The smallest absolute Gasteiger partial charge is 0.294 e. The Morgan fingerprint density at radius 1 is 1.28 bits per heavy atom. The summed E-state index contributed by atoms with van der Waals surface area (Å²) >= 11 is 0. The van der Waals surface area contributed by atoms with Crippen LogP contribution in [0.15, 0.2) is 24.3 Å². The maximum Gasteiger partial charge on any atom is 0.390 e. The largest absolute Gasteiger partial charge is 0.390 e. The first-order valence-corrected chi connectivity index (χ1v) is 6.07. The minimum absolute atomic E-state index is 0.236. The van der Waals surface area contributed by atoms with E-state index in [9.17, 15) is 18.0 Å². The molecule has 1 aromatic carbocycles. The predicted molar refractivity (Wildman–Crippen MR) is 62.5 cm³/mol. The summed E-state index contributed by atoms with van der Waals surface area (Å²) in [7, 11) is 0. The molecule has 18 heavy (non-hydrogen) atoms. The van der Waals surface area contributed by atoms with Crippen LogP contribution in [0.1, 0.15) is 42.1 Å². The summed E-state index contributed by atoms with van der Waals surface area (Å²) in [5.41, 5.74) is 0.0793. The Morgan fingerprint density at radius 2 is 1.94 bits per heavy atom. The van der Waals surface area contributed by atoms with Gasteiger partial charge in [0, 0.05) is 11.0 Å². The lowest BCUT2D eigenvalue weighted by atomic mass is 9.67. The Labute approximate surface area is 104 Å². The van der Waals surface area contributed by atoms with Crippen molar-refractivity contribution >= 4 is 5.78 Å². The molecule has 1 nitrogen and oxygen atoms in total. The van der Waals surface area contributed by atoms with Crippen molar-refractivity contribution in [2.24, 2.45) is 5.41 Å². The molecule has 1 unspecified atom stereocenters. The molecular formula is C14H15F3O. The maximum absolute atomic E-state index is 12.7. The third kappa shape index (κ3) is 2.28. The van der Waals surface area contributed by atoms with Crippen LogP contribution < -0.4 is 0 Å². The molecule has 0 aromatic heterocycles. The summed E-state index contributed by atoms with van der Waals surface area (Å²) in [4.78, 5) is 12.3. The number of ketones is 1. The first-order chi connectivity index (χ1) is 8.38. The summed E-state index contributed by atoms with van der Waals surface area (Å²) in [6.45, 7) is 1.66. The highest BCUT2D eigenvalue weighted by molar-refractivity contribution is 6.02. The molecule has 0 fully saturated rings. The van der Waals surface area contributed by atoms with Crippen LogP contribution in [0.3, 0.4) is 0 Å². The Bertz CT molecular complexity index is 464. The molecule has 98 valence electrons. The van der Waals surface area contributed by atoms with Crippen LogP contribution >= 0.6 is 0 Å². The van der Waals surface area contributed by atoms with Gasteiger partial charge in [-0.15, -0.1) is 0 Å². The van der Waals surface area contributed by atoms with Crippen LogP contribution in [0.4, 0.5) is 13.2 Å². The number of benzene rings is 1. The van der Waals surface area contributed by atoms with E-state index in [2.05, 4.69) is 0 Å². The standard InChI is InChI=1S/C14H15F3O/c1-2-13(9-14(15,16)17)8-7-10-5-3-4-6-11(10)12(13)18/h3-6H,2,7-9H2,1H3. The number of hydrogen-bond acceptors (Lipinski definition) is 1. The maximum atomic E-state index is 12.7. The van der Waals surface area contributed by atoms with E-state index < -0.39 is 18.0 Å². The van der Waals surface area contributed by atoms with Crippen molar-refractivity contribution in [3.63, 3.8) is 0 Å². The number of fused-ring (bicyclic) bond motifs is 1. The van der Waals surface area contributed by atoms with E-state index in [4.69, 9.17) is 0 Å². The monoisotopic (exact) mass is 256 g/mol. The van der Waals surface area contributed by atoms with Crippen molar-refractivity contribution in [1.82, 2.24) is 0 Å². The van der Waals surface area contributed by atoms with Crippen molar-refractivity contribution in [3.05, 3.63) is 35.4 Å². The fraction of sp³-hybridized carbons (Fsp3) is 0.500. The number of carbonyl (C=O) groups excluding carboxylic acids is 1. The highest BCUT2D eigenvalue weighted by atomic mass is 19.4. The second-order valence-corrected chi connectivity index (χ2v) is 4.91. The molecule has 0 aliphatic heterocycles. The molecule has 1 aliphatic carbocycles. The Morgan fingerprint density at radius 3 is 2.56 bits per heavy atom. The van der Waals surface area contributed by atoms with Crippen LogP contribution in [-0.2, 0) is 6.42 Å². The molecule has 2 rings (SSSR count). The quantitative estimate of drug-likeness (QED) is 0.776. The molecule has 1 aliphatic rings. The lowest BCUT2D eigenvalue weighted by molar-refractivity contribution is -0.154. The van der Waals surface area contributed by atoms with E-state index in [0.29, 0.717) is 18.4 Å². The minimum Gasteiger partial charge on any atom is -0.294 e. The van der Waals surface area contributed by atoms with Gasteiger partial charge in [-0.1, -0.05) is 31.2 Å². The van der Waals surface area contributed by atoms with Gasteiger partial charge in [0.2, 0.25) is 0 Å². The van der Waals surface area contributed by atoms with E-state index in [-0.39, 0.29) is 12.2 Å². The average Bonchev–Trinajstić information content (AvgIpc) is 2.32. The van der Waals surface area contributed by atoms with E-state index in [0.717, 1.165) is 5.56 Å². The van der Waals surface area contributed by atoms with E-state index >= 15 is 0 Å². The fourth-order valence-corrected chi connectivity index (χ4v) is 2.75. The van der Waals surface area contributed by atoms with Gasteiger partial charge in [-0.3, -0.25) is 4.79 Å². The number of hydrogen-bond donors (Lipinski definition) is 0. The molecule has 1 atom stereocenters. The number of alkyl halides is 3. The Balaban J connectivity index is 2.39. The predicted octanol–water partition coefficient (Wildman–Crippen LogP) is 4.16. The van der Waals surface area contributed by atoms with Gasteiger partial charge in [-0.05, 0) is 24.8 Å². The molecule has 0 radical (unpaired) electrons. The second-order valence-electron chi connectivity index (χ2n) is 4.91. The van der Waals surface area contributed by atoms with Gasteiger partial charge in [-0.25, -0.2) is 0 Å². The molecule has 0 saturated carbocycles. The summed E-state index contributed by atoms with van der Waals surface area (Å²) < 4.78 is 38.0. The highest BCUT2D eigenvalue weighted by Crippen LogP contribution is 2.45. The minimum atomic E-state index is -4.29. The molecule has 0 amide bonds. The topological polar surface area (TPSA) is 17.1 Å². The molecule has 0 saturated heterocycles. The molecule has 0 heterocycles. The van der Waals surface area contributed by atoms with Crippen molar-refractivity contribution in [1.29, 1.82) is 0 Å². The lowest BCUT2D eigenvalue weighted by Gasteiger charge is -2.36. The van der Waals surface area contributed by atoms with Crippen LogP contribution in [0.5, 0.6) is 0 Å². The zero-order valence-corrected chi connectivity index (χ0v) is 10.2. The molecule has 0 bridgehead atoms. The highest BCUT2D eigenvalue weighted by Gasteiger charge is 2.48. The Hall–Kier alpha value is -1.32. The van der Waals surface area contributed by atoms with Crippen LogP contribution in [0.25, 0.3) is 0 Å². The summed E-state index contributed by atoms with van der Waals surface area (Å²) in [6.07, 6.45) is -4.23. The van der Waals surface area contributed by atoms with Gasteiger partial charge < -0.3 is 0 Å². The first kappa shape index (κ1) is 13.1. The number of carbonyl (C=O) groups is 1. The van der Waals surface area contributed by atoms with E-state index in [1.807, 2.05) is 12.1 Å². The van der Waals surface area contributed by atoms with Gasteiger partial charge in [0.15, 0.2) is 5.78 Å². The molecule has 1 aromatic rings. The van der Waals surface area contributed by atoms with E-state index in [1.165, 1.54) is 0 Å². The average molecular weight is 256 g/mol. The van der Waals surface area contributed by atoms with Crippen molar-refractivity contribution < 1.29 is 18.0 Å². The van der Waals surface area contributed by atoms with Crippen molar-refractivity contribution in [2.45, 2.75) is 38.8 Å². The molecule has 0 spiro atoms. The number of halogens is 3. The number of rotatable bonds is 2. The third-order valence-electron chi connectivity index (χ3n) is 3.83. The van der Waals surface area contributed by atoms with Crippen LogP contribution in [0.2, 0.25) is 0 Å². The normalized spacial score (nSPS) is 23.9. The summed E-state index contributed by atoms with van der Waals surface area (Å²) in [5.74, 6) is -0.343. The van der Waals surface area contributed by atoms with Gasteiger partial charge in [0.25, 0.3) is 0 Å².